The third-order valence-corrected chi connectivity index (χ3v) is 4.41. The van der Waals surface area contributed by atoms with Crippen LogP contribution in [0.1, 0.15) is 5.69 Å². The first-order chi connectivity index (χ1) is 8.38. The van der Waals surface area contributed by atoms with Crippen molar-refractivity contribution < 1.29 is 0 Å². The lowest BCUT2D eigenvalue weighted by atomic mass is 10.2. The number of rotatable bonds is 2. The molecule has 0 amide bonds. The summed E-state index contributed by atoms with van der Waals surface area (Å²) < 4.78 is 1.28. The summed E-state index contributed by atoms with van der Waals surface area (Å²) in [6.07, 6.45) is 0.387. The largest absolute Gasteiger partial charge is 0.240 e. The van der Waals surface area contributed by atoms with Crippen molar-refractivity contribution in [1.29, 1.82) is 5.26 Å². The fraction of sp³-hybridized carbons (Fsp3) is 0.0769. The highest BCUT2D eigenvalue weighted by atomic mass is 32.1. The third-order valence-electron chi connectivity index (χ3n) is 2.52. The van der Waals surface area contributed by atoms with Gasteiger partial charge in [-0.3, -0.25) is 0 Å². The molecule has 0 spiro atoms. The quantitative estimate of drug-likeness (QED) is 0.692. The first-order valence-corrected chi connectivity index (χ1v) is 6.92. The summed E-state index contributed by atoms with van der Waals surface area (Å²) in [5, 5.41) is 15.0. The Kier molecular flexibility index (Phi) is 2.63. The maximum Gasteiger partial charge on any atom is 0.125 e. The van der Waals surface area contributed by atoms with Gasteiger partial charge in [0.1, 0.15) is 5.01 Å². The minimum atomic E-state index is 0.387. The van der Waals surface area contributed by atoms with Crippen LogP contribution in [-0.2, 0) is 6.42 Å². The van der Waals surface area contributed by atoms with Crippen molar-refractivity contribution in [3.05, 3.63) is 40.7 Å². The Morgan fingerprint density at radius 2 is 2.06 bits per heavy atom. The average Bonchev–Trinajstić information content (AvgIpc) is 2.95. The molecule has 82 valence electrons. The molecule has 0 unspecified atom stereocenters. The van der Waals surface area contributed by atoms with E-state index in [9.17, 15) is 0 Å². The van der Waals surface area contributed by atoms with Gasteiger partial charge in [0.25, 0.3) is 0 Å². The van der Waals surface area contributed by atoms with E-state index < -0.39 is 0 Å². The van der Waals surface area contributed by atoms with Crippen molar-refractivity contribution in [2.75, 3.05) is 0 Å². The summed E-state index contributed by atoms with van der Waals surface area (Å²) >= 11 is 3.34. The summed E-state index contributed by atoms with van der Waals surface area (Å²) in [5.74, 6) is 0. The van der Waals surface area contributed by atoms with Gasteiger partial charge in [-0.2, -0.15) is 5.26 Å². The van der Waals surface area contributed by atoms with Gasteiger partial charge in [0, 0.05) is 26.4 Å². The molecule has 0 N–H and O–H groups in total. The van der Waals surface area contributed by atoms with E-state index >= 15 is 0 Å². The third kappa shape index (κ3) is 1.84. The van der Waals surface area contributed by atoms with Crippen LogP contribution >= 0.6 is 22.7 Å². The molecule has 3 aromatic rings. The second-order valence-corrected chi connectivity index (χ2v) is 5.39. The molecule has 0 aliphatic heterocycles. The molecular formula is C13H8N2S2. The lowest BCUT2D eigenvalue weighted by Crippen LogP contribution is -1.80. The lowest BCUT2D eigenvalue weighted by molar-refractivity contribution is 1.16. The molecule has 2 heterocycles. The van der Waals surface area contributed by atoms with Crippen molar-refractivity contribution in [3.8, 4) is 16.6 Å². The van der Waals surface area contributed by atoms with Crippen LogP contribution in [0.4, 0.5) is 0 Å². The average molecular weight is 256 g/mol. The summed E-state index contributed by atoms with van der Waals surface area (Å²) in [6, 6.07) is 10.5. The maximum atomic E-state index is 8.65. The van der Waals surface area contributed by atoms with E-state index in [-0.39, 0.29) is 0 Å². The van der Waals surface area contributed by atoms with E-state index in [1.807, 2.05) is 17.5 Å². The molecule has 3 rings (SSSR count). The van der Waals surface area contributed by atoms with Crippen molar-refractivity contribution in [3.63, 3.8) is 0 Å². The van der Waals surface area contributed by atoms with Gasteiger partial charge in [-0.15, -0.1) is 22.7 Å². The van der Waals surface area contributed by atoms with Gasteiger partial charge in [-0.05, 0) is 6.07 Å². The minimum absolute atomic E-state index is 0.387. The lowest BCUT2D eigenvalue weighted by Gasteiger charge is -1.93. The van der Waals surface area contributed by atoms with E-state index in [0.717, 1.165) is 10.7 Å². The molecule has 2 nitrogen and oxygen atoms in total. The summed E-state index contributed by atoms with van der Waals surface area (Å²) in [5.41, 5.74) is 2.04. The van der Waals surface area contributed by atoms with E-state index in [1.54, 1.807) is 22.7 Å². The van der Waals surface area contributed by atoms with E-state index in [0.29, 0.717) is 6.42 Å². The molecular weight excluding hydrogens is 248 g/mol. The Labute approximate surface area is 107 Å². The molecule has 0 bridgehead atoms. The topological polar surface area (TPSA) is 36.7 Å². The number of hydrogen-bond donors (Lipinski definition) is 0. The fourth-order valence-electron chi connectivity index (χ4n) is 1.74. The van der Waals surface area contributed by atoms with Crippen LogP contribution in [0.25, 0.3) is 20.7 Å². The number of thiazole rings is 1. The standard InChI is InChI=1S/C13H8N2S2/c14-6-5-9-7-17-13(15-9)11-8-16-12-4-2-1-3-10(11)12/h1-4,7-8H,5H2. The maximum absolute atomic E-state index is 8.65. The zero-order valence-electron chi connectivity index (χ0n) is 8.88. The SMILES string of the molecule is N#CCc1csc(-c2csc3ccccc23)n1. The second-order valence-electron chi connectivity index (χ2n) is 3.62. The summed E-state index contributed by atoms with van der Waals surface area (Å²) in [4.78, 5) is 4.50. The number of benzene rings is 1. The molecule has 0 radical (unpaired) electrons. The molecule has 0 fully saturated rings. The Bertz CT molecular complexity index is 703. The van der Waals surface area contributed by atoms with Gasteiger partial charge >= 0.3 is 0 Å². The first kappa shape index (κ1) is 10.5. The summed E-state index contributed by atoms with van der Waals surface area (Å²) in [7, 11) is 0. The van der Waals surface area contributed by atoms with Gasteiger partial charge in [0.15, 0.2) is 0 Å². The molecule has 1 aromatic carbocycles. The highest BCUT2D eigenvalue weighted by Gasteiger charge is 2.09. The van der Waals surface area contributed by atoms with Gasteiger partial charge in [-0.25, -0.2) is 4.98 Å². The molecule has 17 heavy (non-hydrogen) atoms. The van der Waals surface area contributed by atoms with Crippen LogP contribution < -0.4 is 0 Å². The molecule has 2 aromatic heterocycles. The Morgan fingerprint density at radius 1 is 1.18 bits per heavy atom. The van der Waals surface area contributed by atoms with Gasteiger partial charge in [-0.1, -0.05) is 18.2 Å². The van der Waals surface area contributed by atoms with E-state index in [2.05, 4.69) is 28.6 Å². The minimum Gasteiger partial charge on any atom is -0.240 e. The molecule has 0 atom stereocenters. The van der Waals surface area contributed by atoms with Gasteiger partial charge < -0.3 is 0 Å². The normalized spacial score (nSPS) is 10.5. The Morgan fingerprint density at radius 3 is 2.94 bits per heavy atom. The van der Waals surface area contributed by atoms with Crippen LogP contribution in [0, 0.1) is 11.3 Å². The molecule has 0 aliphatic rings. The zero-order chi connectivity index (χ0) is 11.7. The fourth-order valence-corrected chi connectivity index (χ4v) is 3.61. The van der Waals surface area contributed by atoms with E-state index in [4.69, 9.17) is 5.26 Å². The van der Waals surface area contributed by atoms with Crippen molar-refractivity contribution in [2.24, 2.45) is 0 Å². The van der Waals surface area contributed by atoms with Crippen LogP contribution in [0.3, 0.4) is 0 Å². The summed E-state index contributed by atoms with van der Waals surface area (Å²) in [6.45, 7) is 0. The number of thiophene rings is 1. The molecule has 0 saturated carbocycles. The van der Waals surface area contributed by atoms with E-state index in [1.165, 1.54) is 15.6 Å². The highest BCUT2D eigenvalue weighted by molar-refractivity contribution is 7.18. The number of fused-ring (bicyclic) bond motifs is 1. The smallest absolute Gasteiger partial charge is 0.125 e. The van der Waals surface area contributed by atoms with Crippen LogP contribution in [0.15, 0.2) is 35.0 Å². The van der Waals surface area contributed by atoms with Crippen molar-refractivity contribution in [2.45, 2.75) is 6.42 Å². The van der Waals surface area contributed by atoms with Crippen molar-refractivity contribution >= 4 is 32.8 Å². The Balaban J connectivity index is 2.11. The Hall–Kier alpha value is -1.70. The predicted molar refractivity (Wildman–Crippen MR) is 72.3 cm³/mol. The predicted octanol–water partition coefficient (Wildman–Crippen LogP) is 4.09. The second kappa shape index (κ2) is 4.28. The molecule has 0 saturated heterocycles. The number of nitrogens with zero attached hydrogens (tertiary/aromatic N) is 2. The van der Waals surface area contributed by atoms with Crippen LogP contribution in [-0.4, -0.2) is 4.98 Å². The number of hydrogen-bond acceptors (Lipinski definition) is 4. The first-order valence-electron chi connectivity index (χ1n) is 5.16. The number of nitriles is 1. The van der Waals surface area contributed by atoms with Crippen LogP contribution in [0.5, 0.6) is 0 Å². The molecule has 4 heteroatoms. The van der Waals surface area contributed by atoms with Crippen molar-refractivity contribution in [1.82, 2.24) is 4.98 Å². The monoisotopic (exact) mass is 256 g/mol. The van der Waals surface area contributed by atoms with Crippen LogP contribution in [0.2, 0.25) is 0 Å². The number of aromatic nitrogens is 1. The molecule has 0 aliphatic carbocycles. The van der Waals surface area contributed by atoms with Gasteiger partial charge in [0.05, 0.1) is 18.2 Å². The zero-order valence-corrected chi connectivity index (χ0v) is 10.5. The van der Waals surface area contributed by atoms with Gasteiger partial charge in [0.2, 0.25) is 0 Å². The highest BCUT2D eigenvalue weighted by Crippen LogP contribution is 2.35.